The van der Waals surface area contributed by atoms with Gasteiger partial charge in [-0.3, -0.25) is 4.68 Å². The van der Waals surface area contributed by atoms with Gasteiger partial charge < -0.3 is 5.73 Å². The van der Waals surface area contributed by atoms with Gasteiger partial charge in [0, 0.05) is 0 Å². The molecule has 80 valence electrons. The normalized spacial score (nSPS) is 10.0. The summed E-state index contributed by atoms with van der Waals surface area (Å²) in [6.45, 7) is 2.61. The standard InChI is InChI=1S/C12H12N4/c1-9-12(14)7-15-16(9)8-11-4-2-10(6-13)3-5-11/h2-5,7H,8,14H2,1H3. The zero-order valence-electron chi connectivity index (χ0n) is 9.01. The fourth-order valence-electron chi connectivity index (χ4n) is 1.48. The van der Waals surface area contributed by atoms with Gasteiger partial charge in [0.05, 0.1) is 35.8 Å². The van der Waals surface area contributed by atoms with Crippen LogP contribution >= 0.6 is 0 Å². The van der Waals surface area contributed by atoms with Crippen LogP contribution in [-0.2, 0) is 6.54 Å². The van der Waals surface area contributed by atoms with E-state index in [4.69, 9.17) is 11.0 Å². The van der Waals surface area contributed by atoms with E-state index in [9.17, 15) is 0 Å². The maximum atomic E-state index is 8.68. The Morgan fingerprint density at radius 2 is 2.06 bits per heavy atom. The number of nitriles is 1. The largest absolute Gasteiger partial charge is 0.396 e. The summed E-state index contributed by atoms with van der Waals surface area (Å²) in [4.78, 5) is 0. The number of aromatic nitrogens is 2. The lowest BCUT2D eigenvalue weighted by molar-refractivity contribution is 0.665. The van der Waals surface area contributed by atoms with E-state index in [0.29, 0.717) is 17.8 Å². The van der Waals surface area contributed by atoms with E-state index in [-0.39, 0.29) is 0 Å². The third-order valence-corrected chi connectivity index (χ3v) is 2.56. The van der Waals surface area contributed by atoms with Gasteiger partial charge in [0.25, 0.3) is 0 Å². The zero-order chi connectivity index (χ0) is 11.5. The summed E-state index contributed by atoms with van der Waals surface area (Å²) in [5, 5.41) is 12.9. The molecule has 0 unspecified atom stereocenters. The van der Waals surface area contributed by atoms with Crippen molar-refractivity contribution in [3.05, 3.63) is 47.3 Å². The summed E-state index contributed by atoms with van der Waals surface area (Å²) in [5.41, 5.74) is 9.15. The van der Waals surface area contributed by atoms with Crippen molar-refractivity contribution in [1.29, 1.82) is 5.26 Å². The minimum Gasteiger partial charge on any atom is -0.396 e. The molecule has 0 aliphatic heterocycles. The molecule has 16 heavy (non-hydrogen) atoms. The molecule has 0 aliphatic carbocycles. The van der Waals surface area contributed by atoms with Gasteiger partial charge in [-0.15, -0.1) is 0 Å². The van der Waals surface area contributed by atoms with Crippen LogP contribution in [0.4, 0.5) is 5.69 Å². The molecule has 0 spiro atoms. The van der Waals surface area contributed by atoms with Crippen LogP contribution in [0, 0.1) is 18.3 Å². The quantitative estimate of drug-likeness (QED) is 0.823. The molecule has 0 atom stereocenters. The predicted molar refractivity (Wildman–Crippen MR) is 61.6 cm³/mol. The van der Waals surface area contributed by atoms with Crippen LogP contribution in [0.2, 0.25) is 0 Å². The number of nitrogen functional groups attached to an aromatic ring is 1. The smallest absolute Gasteiger partial charge is 0.0991 e. The van der Waals surface area contributed by atoms with E-state index < -0.39 is 0 Å². The van der Waals surface area contributed by atoms with Gasteiger partial charge in [-0.25, -0.2) is 0 Å². The van der Waals surface area contributed by atoms with Crippen molar-refractivity contribution < 1.29 is 0 Å². The number of hydrogen-bond acceptors (Lipinski definition) is 3. The number of anilines is 1. The zero-order valence-corrected chi connectivity index (χ0v) is 9.01. The molecule has 4 nitrogen and oxygen atoms in total. The third-order valence-electron chi connectivity index (χ3n) is 2.56. The topological polar surface area (TPSA) is 67.6 Å². The molecule has 0 bridgehead atoms. The number of rotatable bonds is 2. The summed E-state index contributed by atoms with van der Waals surface area (Å²) < 4.78 is 1.84. The Morgan fingerprint density at radius 1 is 1.38 bits per heavy atom. The van der Waals surface area contributed by atoms with Crippen molar-refractivity contribution in [2.45, 2.75) is 13.5 Å². The average Bonchev–Trinajstić information content (AvgIpc) is 2.62. The molecule has 2 rings (SSSR count). The Bertz CT molecular complexity index is 531. The molecule has 0 saturated heterocycles. The summed E-state index contributed by atoms with van der Waals surface area (Å²) >= 11 is 0. The van der Waals surface area contributed by atoms with Crippen molar-refractivity contribution in [3.63, 3.8) is 0 Å². The molecular formula is C12H12N4. The van der Waals surface area contributed by atoms with E-state index in [2.05, 4.69) is 11.2 Å². The minimum atomic E-state index is 0.667. The lowest BCUT2D eigenvalue weighted by Crippen LogP contribution is -2.04. The highest BCUT2D eigenvalue weighted by atomic mass is 15.3. The molecule has 1 aromatic carbocycles. The molecule has 1 heterocycles. The van der Waals surface area contributed by atoms with Crippen LogP contribution < -0.4 is 5.73 Å². The maximum absolute atomic E-state index is 8.68. The number of benzene rings is 1. The van der Waals surface area contributed by atoms with Gasteiger partial charge in [0.1, 0.15) is 0 Å². The van der Waals surface area contributed by atoms with E-state index >= 15 is 0 Å². The molecule has 0 fully saturated rings. The van der Waals surface area contributed by atoms with Gasteiger partial charge in [-0.2, -0.15) is 10.4 Å². The van der Waals surface area contributed by atoms with Gasteiger partial charge in [0.2, 0.25) is 0 Å². The fourth-order valence-corrected chi connectivity index (χ4v) is 1.48. The summed E-state index contributed by atoms with van der Waals surface area (Å²) in [6.07, 6.45) is 1.65. The Kier molecular flexibility index (Phi) is 2.61. The highest BCUT2D eigenvalue weighted by Gasteiger charge is 2.03. The van der Waals surface area contributed by atoms with Crippen LogP contribution in [0.5, 0.6) is 0 Å². The van der Waals surface area contributed by atoms with Gasteiger partial charge in [-0.05, 0) is 24.6 Å². The van der Waals surface area contributed by atoms with Crippen molar-refractivity contribution in [2.75, 3.05) is 5.73 Å². The maximum Gasteiger partial charge on any atom is 0.0991 e. The van der Waals surface area contributed by atoms with Gasteiger partial charge >= 0.3 is 0 Å². The van der Waals surface area contributed by atoms with Crippen molar-refractivity contribution in [2.24, 2.45) is 0 Å². The lowest BCUT2D eigenvalue weighted by Gasteiger charge is -2.04. The highest BCUT2D eigenvalue weighted by molar-refractivity contribution is 5.40. The second kappa shape index (κ2) is 4.07. The monoisotopic (exact) mass is 212 g/mol. The van der Waals surface area contributed by atoms with Crippen molar-refractivity contribution >= 4 is 5.69 Å². The van der Waals surface area contributed by atoms with Crippen molar-refractivity contribution in [3.8, 4) is 6.07 Å². The van der Waals surface area contributed by atoms with Crippen LogP contribution in [0.25, 0.3) is 0 Å². The Labute approximate surface area is 93.9 Å². The van der Waals surface area contributed by atoms with Crippen LogP contribution in [-0.4, -0.2) is 9.78 Å². The highest BCUT2D eigenvalue weighted by Crippen LogP contribution is 2.11. The predicted octanol–water partition coefficient (Wildman–Crippen LogP) is 1.69. The average molecular weight is 212 g/mol. The molecule has 2 N–H and O–H groups in total. The van der Waals surface area contributed by atoms with Gasteiger partial charge in [0.15, 0.2) is 0 Å². The molecule has 0 radical (unpaired) electrons. The van der Waals surface area contributed by atoms with E-state index in [1.54, 1.807) is 18.3 Å². The first-order valence-corrected chi connectivity index (χ1v) is 4.97. The second-order valence-corrected chi connectivity index (χ2v) is 3.65. The number of nitrogens with zero attached hydrogens (tertiary/aromatic N) is 3. The molecule has 0 aliphatic rings. The fraction of sp³-hybridized carbons (Fsp3) is 0.167. The summed E-state index contributed by atoms with van der Waals surface area (Å²) in [7, 11) is 0. The molecule has 2 aromatic rings. The first-order valence-electron chi connectivity index (χ1n) is 4.97. The van der Waals surface area contributed by atoms with Crippen LogP contribution in [0.15, 0.2) is 30.5 Å². The first-order chi connectivity index (χ1) is 7.70. The molecule has 0 amide bonds. The molecule has 4 heteroatoms. The van der Waals surface area contributed by atoms with Crippen LogP contribution in [0.3, 0.4) is 0 Å². The molecule has 0 saturated carbocycles. The van der Waals surface area contributed by atoms with Gasteiger partial charge in [-0.1, -0.05) is 12.1 Å². The van der Waals surface area contributed by atoms with Crippen molar-refractivity contribution in [1.82, 2.24) is 9.78 Å². The van der Waals surface area contributed by atoms with E-state index in [1.165, 1.54) is 0 Å². The third kappa shape index (κ3) is 1.89. The second-order valence-electron chi connectivity index (χ2n) is 3.65. The summed E-state index contributed by atoms with van der Waals surface area (Å²) in [5.74, 6) is 0. The molecular weight excluding hydrogens is 200 g/mol. The minimum absolute atomic E-state index is 0.667. The Hall–Kier alpha value is -2.28. The lowest BCUT2D eigenvalue weighted by atomic mass is 10.1. The SMILES string of the molecule is Cc1c(N)cnn1Cc1ccc(C#N)cc1. The number of nitrogens with two attached hydrogens (primary N) is 1. The number of hydrogen-bond donors (Lipinski definition) is 1. The summed E-state index contributed by atoms with van der Waals surface area (Å²) in [6, 6.07) is 9.55. The van der Waals surface area contributed by atoms with Crippen LogP contribution in [0.1, 0.15) is 16.8 Å². The Balaban J connectivity index is 2.21. The first kappa shape index (κ1) is 10.2. The molecule has 1 aromatic heterocycles. The van der Waals surface area contributed by atoms with E-state index in [0.717, 1.165) is 11.3 Å². The Morgan fingerprint density at radius 3 is 2.56 bits per heavy atom. The van der Waals surface area contributed by atoms with E-state index in [1.807, 2.05) is 23.7 Å².